The zero-order chi connectivity index (χ0) is 9.98. The second-order valence-electron chi connectivity index (χ2n) is 1.69. The molecule has 2 N–H and O–H groups in total. The Morgan fingerprint density at radius 1 is 1.50 bits per heavy atom. The lowest BCUT2D eigenvalue weighted by Crippen LogP contribution is -2.11. The molecule has 0 spiro atoms. The Morgan fingerprint density at radius 2 is 2.00 bits per heavy atom. The van der Waals surface area contributed by atoms with Crippen LogP contribution in [0.5, 0.6) is 0 Å². The van der Waals surface area contributed by atoms with Crippen LogP contribution in [0, 0.1) is 0 Å². The van der Waals surface area contributed by atoms with E-state index in [1.54, 1.807) is 6.92 Å². The van der Waals surface area contributed by atoms with Crippen LogP contribution in [0.4, 0.5) is 0 Å². The van der Waals surface area contributed by atoms with E-state index in [9.17, 15) is 4.79 Å². The molecule has 1 amide bonds. The van der Waals surface area contributed by atoms with Crippen molar-refractivity contribution in [1.82, 2.24) is 0 Å². The predicted octanol–water partition coefficient (Wildman–Crippen LogP) is 1.66. The van der Waals surface area contributed by atoms with Crippen LogP contribution in [0.2, 0.25) is 0 Å². The molecule has 68 valence electrons. The summed E-state index contributed by atoms with van der Waals surface area (Å²) < 4.78 is 0. The number of carbonyl (C=O) groups is 1. The summed E-state index contributed by atoms with van der Waals surface area (Å²) in [6, 6.07) is 0. The highest BCUT2D eigenvalue weighted by Crippen LogP contribution is 1.86. The normalized spacial score (nSPS) is 10.4. The molecule has 0 bridgehead atoms. The molecule has 3 nitrogen and oxygen atoms in total. The predicted molar refractivity (Wildman–Crippen MR) is 53.0 cm³/mol. The lowest BCUT2D eigenvalue weighted by Gasteiger charge is -1.87. The molecule has 0 aromatic heterocycles. The zero-order valence-electron chi connectivity index (χ0n) is 7.87. The molecule has 0 aromatic rings. The van der Waals surface area contributed by atoms with Crippen LogP contribution in [-0.4, -0.2) is 12.1 Å². The van der Waals surface area contributed by atoms with Crippen molar-refractivity contribution in [3.05, 3.63) is 24.4 Å². The van der Waals surface area contributed by atoms with Gasteiger partial charge in [-0.05, 0) is 13.0 Å². The van der Waals surface area contributed by atoms with Gasteiger partial charge in [-0.2, -0.15) is 0 Å². The fraction of sp³-hybridized carbons (Fsp3) is 0.333. The number of aliphatic imine (C=N–C) groups is 1. The van der Waals surface area contributed by atoms with E-state index < -0.39 is 5.91 Å². The summed E-state index contributed by atoms with van der Waals surface area (Å²) >= 11 is 0. The molecular weight excluding hydrogens is 152 g/mol. The molecule has 0 rings (SSSR count). The highest BCUT2D eigenvalue weighted by Gasteiger charge is 1.92. The summed E-state index contributed by atoms with van der Waals surface area (Å²) in [6.45, 7) is 8.98. The Morgan fingerprint density at radius 3 is 2.33 bits per heavy atom. The monoisotopic (exact) mass is 168 g/mol. The molecule has 0 atom stereocenters. The van der Waals surface area contributed by atoms with Crippen molar-refractivity contribution in [3.8, 4) is 0 Å². The molecule has 0 fully saturated rings. The number of rotatable bonds is 3. The fourth-order valence-corrected chi connectivity index (χ4v) is 0.298. The second kappa shape index (κ2) is 9.62. The van der Waals surface area contributed by atoms with Gasteiger partial charge < -0.3 is 5.73 Å². The molecule has 0 aliphatic rings. The van der Waals surface area contributed by atoms with Gasteiger partial charge in [-0.15, -0.1) is 0 Å². The van der Waals surface area contributed by atoms with E-state index in [4.69, 9.17) is 5.73 Å². The van der Waals surface area contributed by atoms with Crippen LogP contribution in [0.3, 0.4) is 0 Å². The third kappa shape index (κ3) is 8.62. The number of hydrogen-bond acceptors (Lipinski definition) is 2. The van der Waals surface area contributed by atoms with Crippen LogP contribution in [0.25, 0.3) is 0 Å². The summed E-state index contributed by atoms with van der Waals surface area (Å²) in [5.74, 6) is -0.435. The van der Waals surface area contributed by atoms with Gasteiger partial charge in [-0.25, -0.2) is 0 Å². The van der Waals surface area contributed by atoms with Gasteiger partial charge in [0, 0.05) is 18.0 Å². The molecule has 0 aliphatic carbocycles. The van der Waals surface area contributed by atoms with Crippen molar-refractivity contribution in [2.45, 2.75) is 20.8 Å². The number of amides is 1. The van der Waals surface area contributed by atoms with Gasteiger partial charge in [0.05, 0.1) is 0 Å². The highest BCUT2D eigenvalue weighted by atomic mass is 16.1. The number of hydrogen-bond donors (Lipinski definition) is 1. The zero-order valence-corrected chi connectivity index (χ0v) is 7.87. The summed E-state index contributed by atoms with van der Waals surface area (Å²) in [4.78, 5) is 14.0. The third-order valence-corrected chi connectivity index (χ3v) is 0.905. The first-order valence-electron chi connectivity index (χ1n) is 3.79. The van der Waals surface area contributed by atoms with Gasteiger partial charge in [0.15, 0.2) is 0 Å². The summed E-state index contributed by atoms with van der Waals surface area (Å²) in [5.41, 5.74) is 5.40. The van der Waals surface area contributed by atoms with Crippen LogP contribution < -0.4 is 5.73 Å². The Balaban J connectivity index is 0. The quantitative estimate of drug-likeness (QED) is 0.505. The van der Waals surface area contributed by atoms with Gasteiger partial charge >= 0.3 is 0 Å². The Kier molecular flexibility index (Phi) is 10.6. The molecule has 0 saturated heterocycles. The molecule has 0 unspecified atom stereocenters. The molecule has 3 heteroatoms. The van der Waals surface area contributed by atoms with E-state index in [2.05, 4.69) is 11.6 Å². The van der Waals surface area contributed by atoms with Gasteiger partial charge in [0.1, 0.15) is 0 Å². The molecule has 0 radical (unpaired) electrons. The van der Waals surface area contributed by atoms with E-state index in [0.717, 1.165) is 0 Å². The summed E-state index contributed by atoms with van der Waals surface area (Å²) in [5, 5.41) is 0. The maximum Gasteiger partial charge on any atom is 0.244 e. The van der Waals surface area contributed by atoms with E-state index in [1.165, 1.54) is 18.5 Å². The van der Waals surface area contributed by atoms with Crippen LogP contribution >= 0.6 is 0 Å². The van der Waals surface area contributed by atoms with Crippen LogP contribution in [0.1, 0.15) is 20.8 Å². The Hall–Kier alpha value is -1.38. The smallest absolute Gasteiger partial charge is 0.244 e. The molecule has 0 aliphatic heterocycles. The second-order valence-corrected chi connectivity index (χ2v) is 1.69. The minimum Gasteiger partial charge on any atom is -0.366 e. The number of carbonyl (C=O) groups excluding carboxylic acids is 1. The van der Waals surface area contributed by atoms with Gasteiger partial charge in [-0.1, -0.05) is 20.4 Å². The average Bonchev–Trinajstić information content (AvgIpc) is 2.08. The number of nitrogens with two attached hydrogens (primary N) is 1. The molecule has 0 aromatic carbocycles. The van der Waals surface area contributed by atoms with Crippen molar-refractivity contribution in [3.63, 3.8) is 0 Å². The van der Waals surface area contributed by atoms with E-state index in [-0.39, 0.29) is 0 Å². The first-order valence-corrected chi connectivity index (χ1v) is 3.79. The maximum absolute atomic E-state index is 10.4. The first-order chi connectivity index (χ1) is 5.68. The van der Waals surface area contributed by atoms with Crippen molar-refractivity contribution in [1.29, 1.82) is 0 Å². The van der Waals surface area contributed by atoms with E-state index >= 15 is 0 Å². The van der Waals surface area contributed by atoms with Crippen LogP contribution in [-0.2, 0) is 4.79 Å². The minimum absolute atomic E-state index is 0.435. The van der Waals surface area contributed by atoms with Crippen molar-refractivity contribution >= 4 is 12.1 Å². The van der Waals surface area contributed by atoms with Gasteiger partial charge in [0.2, 0.25) is 5.91 Å². The van der Waals surface area contributed by atoms with Crippen LogP contribution in [0.15, 0.2) is 29.4 Å². The fourth-order valence-electron chi connectivity index (χ4n) is 0.298. The molecule has 0 saturated carbocycles. The van der Waals surface area contributed by atoms with E-state index in [1.807, 2.05) is 13.8 Å². The largest absolute Gasteiger partial charge is 0.366 e. The number of primary amides is 1. The first kappa shape index (κ1) is 13.2. The van der Waals surface area contributed by atoms with Crippen molar-refractivity contribution in [2.75, 3.05) is 0 Å². The molecular formula is C9H16N2O. The number of allylic oxidation sites excluding steroid dienone is 1. The van der Waals surface area contributed by atoms with Gasteiger partial charge in [0.25, 0.3) is 0 Å². The topological polar surface area (TPSA) is 55.4 Å². The lowest BCUT2D eigenvalue weighted by molar-refractivity contribution is -0.114. The SMILES string of the molecule is C=CN=C/C=C(\C)C(N)=O.CC. The summed E-state index contributed by atoms with van der Waals surface area (Å²) in [7, 11) is 0. The highest BCUT2D eigenvalue weighted by molar-refractivity contribution is 5.95. The summed E-state index contributed by atoms with van der Waals surface area (Å²) in [6.07, 6.45) is 4.38. The Labute approximate surface area is 73.7 Å². The van der Waals surface area contributed by atoms with Crippen molar-refractivity contribution in [2.24, 2.45) is 10.7 Å². The molecule has 0 heterocycles. The minimum atomic E-state index is -0.435. The van der Waals surface area contributed by atoms with Crippen molar-refractivity contribution < 1.29 is 4.79 Å². The standard InChI is InChI=1S/C7H10N2O.C2H6/c1-3-9-5-4-6(2)7(8)10;1-2/h3-5H,1H2,2H3,(H2,8,10);1-2H3/b6-4+,9-5?;. The molecule has 12 heavy (non-hydrogen) atoms. The van der Waals surface area contributed by atoms with E-state index in [0.29, 0.717) is 5.57 Å². The average molecular weight is 168 g/mol. The lowest BCUT2D eigenvalue weighted by atomic mass is 10.3. The third-order valence-electron chi connectivity index (χ3n) is 0.905. The maximum atomic E-state index is 10.4. The Bertz CT molecular complexity index is 193. The van der Waals surface area contributed by atoms with Gasteiger partial charge in [-0.3, -0.25) is 9.79 Å². The number of nitrogens with zero attached hydrogens (tertiary/aromatic N) is 1.